The van der Waals surface area contributed by atoms with Gasteiger partial charge in [0.05, 0.1) is 12.9 Å². The first-order valence-electron chi connectivity index (χ1n) is 5.52. The molecule has 88 valence electrons. The first-order chi connectivity index (χ1) is 7.86. The van der Waals surface area contributed by atoms with Gasteiger partial charge in [-0.05, 0) is 44.0 Å². The molecular formula is C11H16N2O3. The Morgan fingerprint density at radius 3 is 3.06 bits per heavy atom. The van der Waals surface area contributed by atoms with Crippen molar-refractivity contribution in [2.24, 2.45) is 5.92 Å². The predicted molar refractivity (Wildman–Crippen MR) is 57.7 cm³/mol. The molecule has 1 amide bonds. The molecule has 2 heterocycles. The number of hydrogen-bond acceptors (Lipinski definition) is 4. The van der Waals surface area contributed by atoms with Crippen LogP contribution in [0.5, 0.6) is 0 Å². The Bertz CT molecular complexity index is 318. The van der Waals surface area contributed by atoms with Crippen LogP contribution in [-0.4, -0.2) is 25.6 Å². The molecule has 0 atom stereocenters. The molecule has 1 fully saturated rings. The van der Waals surface area contributed by atoms with Crippen molar-refractivity contribution in [3.63, 3.8) is 0 Å². The molecule has 1 aliphatic rings. The van der Waals surface area contributed by atoms with Crippen LogP contribution in [0.4, 0.5) is 0 Å². The average Bonchev–Trinajstić information content (AvgIpc) is 2.84. The summed E-state index contributed by atoms with van der Waals surface area (Å²) in [6.45, 7) is 2.62. The summed E-state index contributed by atoms with van der Waals surface area (Å²) in [5.41, 5.74) is 2.38. The summed E-state index contributed by atoms with van der Waals surface area (Å²) >= 11 is 0. The number of rotatable bonds is 4. The van der Waals surface area contributed by atoms with Gasteiger partial charge in [-0.25, -0.2) is 5.48 Å². The summed E-state index contributed by atoms with van der Waals surface area (Å²) < 4.78 is 4.94. The van der Waals surface area contributed by atoms with Crippen molar-refractivity contribution in [1.29, 1.82) is 0 Å². The molecule has 0 unspecified atom stereocenters. The molecule has 5 heteroatoms. The van der Waals surface area contributed by atoms with Crippen LogP contribution in [-0.2, 0) is 4.84 Å². The topological polar surface area (TPSA) is 63.5 Å². The quantitative estimate of drug-likeness (QED) is 0.747. The van der Waals surface area contributed by atoms with Crippen molar-refractivity contribution in [1.82, 2.24) is 10.8 Å². The largest absolute Gasteiger partial charge is 0.459 e. The van der Waals surface area contributed by atoms with Gasteiger partial charge in [0.1, 0.15) is 0 Å². The van der Waals surface area contributed by atoms with Crippen molar-refractivity contribution in [3.8, 4) is 0 Å². The Labute approximate surface area is 94.1 Å². The second kappa shape index (κ2) is 5.67. The molecule has 16 heavy (non-hydrogen) atoms. The van der Waals surface area contributed by atoms with Crippen molar-refractivity contribution >= 4 is 5.91 Å². The zero-order chi connectivity index (χ0) is 11.2. The van der Waals surface area contributed by atoms with Gasteiger partial charge in [0.15, 0.2) is 5.76 Å². The lowest BCUT2D eigenvalue weighted by Gasteiger charge is -2.21. The molecule has 1 aromatic rings. The van der Waals surface area contributed by atoms with Crippen LogP contribution in [0.25, 0.3) is 0 Å². The van der Waals surface area contributed by atoms with Crippen molar-refractivity contribution in [2.75, 3.05) is 19.7 Å². The van der Waals surface area contributed by atoms with Crippen LogP contribution in [0.2, 0.25) is 0 Å². The highest BCUT2D eigenvalue weighted by atomic mass is 16.7. The first-order valence-corrected chi connectivity index (χ1v) is 5.52. The van der Waals surface area contributed by atoms with Gasteiger partial charge in [0, 0.05) is 0 Å². The number of piperidine rings is 1. The zero-order valence-electron chi connectivity index (χ0n) is 9.07. The van der Waals surface area contributed by atoms with E-state index in [0.29, 0.717) is 12.5 Å². The van der Waals surface area contributed by atoms with Gasteiger partial charge in [0.2, 0.25) is 0 Å². The van der Waals surface area contributed by atoms with E-state index in [-0.39, 0.29) is 11.7 Å². The molecule has 0 saturated carbocycles. The van der Waals surface area contributed by atoms with Gasteiger partial charge in [0.25, 0.3) is 0 Å². The third kappa shape index (κ3) is 3.08. The monoisotopic (exact) mass is 224 g/mol. The molecular weight excluding hydrogens is 208 g/mol. The molecule has 1 saturated heterocycles. The Morgan fingerprint density at radius 2 is 2.38 bits per heavy atom. The number of carbonyl (C=O) groups excluding carboxylic acids is 1. The first kappa shape index (κ1) is 11.2. The van der Waals surface area contributed by atoms with Crippen LogP contribution in [0, 0.1) is 5.92 Å². The second-order valence-corrected chi connectivity index (χ2v) is 3.91. The third-order valence-corrected chi connectivity index (χ3v) is 2.69. The van der Waals surface area contributed by atoms with Crippen molar-refractivity contribution in [2.45, 2.75) is 12.8 Å². The fourth-order valence-corrected chi connectivity index (χ4v) is 1.73. The number of hydrogen-bond donors (Lipinski definition) is 2. The maximum absolute atomic E-state index is 11.4. The SMILES string of the molecule is O=C(NOCC1CCNCC1)c1ccco1. The number of hydroxylamine groups is 1. The van der Waals surface area contributed by atoms with E-state index in [2.05, 4.69) is 10.8 Å². The molecule has 5 nitrogen and oxygen atoms in total. The highest BCUT2D eigenvalue weighted by molar-refractivity contribution is 5.90. The summed E-state index contributed by atoms with van der Waals surface area (Å²) in [6, 6.07) is 3.27. The van der Waals surface area contributed by atoms with E-state index in [4.69, 9.17) is 9.25 Å². The predicted octanol–water partition coefficient (Wildman–Crippen LogP) is 0.941. The van der Waals surface area contributed by atoms with Gasteiger partial charge < -0.3 is 9.73 Å². The number of amides is 1. The number of carbonyl (C=O) groups is 1. The molecule has 1 aliphatic heterocycles. The van der Waals surface area contributed by atoms with Crippen LogP contribution in [0.1, 0.15) is 23.4 Å². The summed E-state index contributed by atoms with van der Waals surface area (Å²) in [6.07, 6.45) is 3.65. The lowest BCUT2D eigenvalue weighted by molar-refractivity contribution is 0.0100. The Kier molecular flexibility index (Phi) is 3.96. The molecule has 0 aliphatic carbocycles. The lowest BCUT2D eigenvalue weighted by Crippen LogP contribution is -2.32. The fourth-order valence-electron chi connectivity index (χ4n) is 1.73. The minimum Gasteiger partial charge on any atom is -0.459 e. The lowest BCUT2D eigenvalue weighted by atomic mass is 10.00. The minimum atomic E-state index is -0.334. The van der Waals surface area contributed by atoms with Gasteiger partial charge in [-0.3, -0.25) is 9.63 Å². The van der Waals surface area contributed by atoms with Crippen LogP contribution < -0.4 is 10.8 Å². The molecule has 1 aromatic heterocycles. The fraction of sp³-hybridized carbons (Fsp3) is 0.545. The maximum Gasteiger partial charge on any atom is 0.310 e. The van der Waals surface area contributed by atoms with Crippen molar-refractivity contribution in [3.05, 3.63) is 24.2 Å². The molecule has 0 bridgehead atoms. The van der Waals surface area contributed by atoms with E-state index in [9.17, 15) is 4.79 Å². The zero-order valence-corrected chi connectivity index (χ0v) is 9.07. The van der Waals surface area contributed by atoms with Crippen LogP contribution >= 0.6 is 0 Å². The van der Waals surface area contributed by atoms with E-state index in [1.807, 2.05) is 0 Å². The molecule has 0 spiro atoms. The highest BCUT2D eigenvalue weighted by Crippen LogP contribution is 2.11. The van der Waals surface area contributed by atoms with Gasteiger partial charge in [-0.1, -0.05) is 0 Å². The second-order valence-electron chi connectivity index (χ2n) is 3.91. The van der Waals surface area contributed by atoms with E-state index < -0.39 is 0 Å². The third-order valence-electron chi connectivity index (χ3n) is 2.69. The van der Waals surface area contributed by atoms with E-state index >= 15 is 0 Å². The summed E-state index contributed by atoms with van der Waals surface area (Å²) in [5, 5.41) is 3.28. The standard InChI is InChI=1S/C11H16N2O3/c14-11(10-2-1-7-15-10)13-16-8-9-3-5-12-6-4-9/h1-2,7,9,12H,3-6,8H2,(H,13,14). The average molecular weight is 224 g/mol. The summed E-state index contributed by atoms with van der Waals surface area (Å²) in [4.78, 5) is 16.6. The van der Waals surface area contributed by atoms with Gasteiger partial charge in [-0.15, -0.1) is 0 Å². The van der Waals surface area contributed by atoms with E-state index in [1.54, 1.807) is 12.1 Å². The van der Waals surface area contributed by atoms with Gasteiger partial charge in [-0.2, -0.15) is 0 Å². The summed E-state index contributed by atoms with van der Waals surface area (Å²) in [7, 11) is 0. The minimum absolute atomic E-state index is 0.269. The molecule has 0 radical (unpaired) electrons. The van der Waals surface area contributed by atoms with Crippen molar-refractivity contribution < 1.29 is 14.0 Å². The highest BCUT2D eigenvalue weighted by Gasteiger charge is 2.14. The van der Waals surface area contributed by atoms with Crippen LogP contribution in [0.3, 0.4) is 0 Å². The van der Waals surface area contributed by atoms with Gasteiger partial charge >= 0.3 is 5.91 Å². The number of nitrogens with one attached hydrogen (secondary N) is 2. The van der Waals surface area contributed by atoms with E-state index in [1.165, 1.54) is 6.26 Å². The maximum atomic E-state index is 11.4. The van der Waals surface area contributed by atoms with E-state index in [0.717, 1.165) is 25.9 Å². The Morgan fingerprint density at radius 1 is 1.56 bits per heavy atom. The smallest absolute Gasteiger partial charge is 0.310 e. The summed E-state index contributed by atoms with van der Waals surface area (Å²) in [5.74, 6) is 0.461. The molecule has 0 aromatic carbocycles. The molecule has 2 rings (SSSR count). The number of furan rings is 1. The Balaban J connectivity index is 1.66. The molecule has 2 N–H and O–H groups in total. The van der Waals surface area contributed by atoms with Crippen LogP contribution in [0.15, 0.2) is 22.8 Å². The normalized spacial score (nSPS) is 17.2. The Hall–Kier alpha value is -1.33.